The molecule has 0 heterocycles. The molecule has 0 fully saturated rings. The molecule has 2 rings (SSSR count). The lowest BCUT2D eigenvalue weighted by atomic mass is 10.1. The maximum atomic E-state index is 12.1. The molecule has 2 aromatic rings. The number of benzene rings is 2. The summed E-state index contributed by atoms with van der Waals surface area (Å²) in [6.45, 7) is 0. The van der Waals surface area contributed by atoms with Crippen LogP contribution in [0.5, 0.6) is 11.5 Å². The molecule has 1 amide bonds. The number of halogens is 1. The Balaban J connectivity index is 2.23. The molecular formula is C17H13ClN2O3. The fraction of sp³-hybridized carbons (Fsp3) is 0.0588. The maximum Gasteiger partial charge on any atom is 0.266 e. The number of nitriles is 1. The van der Waals surface area contributed by atoms with E-state index in [1.165, 1.54) is 19.3 Å². The second kappa shape index (κ2) is 7.34. The van der Waals surface area contributed by atoms with Crippen LogP contribution in [0.25, 0.3) is 6.08 Å². The Morgan fingerprint density at radius 1 is 1.30 bits per heavy atom. The van der Waals surface area contributed by atoms with Crippen molar-refractivity contribution in [2.24, 2.45) is 0 Å². The van der Waals surface area contributed by atoms with Crippen molar-refractivity contribution in [1.29, 1.82) is 5.26 Å². The monoisotopic (exact) mass is 328 g/mol. The van der Waals surface area contributed by atoms with E-state index in [1.54, 1.807) is 36.4 Å². The van der Waals surface area contributed by atoms with Crippen LogP contribution in [0.3, 0.4) is 0 Å². The predicted octanol–water partition coefficient (Wildman–Crippen LogP) is 3.60. The van der Waals surface area contributed by atoms with E-state index in [9.17, 15) is 9.90 Å². The summed E-state index contributed by atoms with van der Waals surface area (Å²) in [6.07, 6.45) is 1.31. The Bertz CT molecular complexity index is 792. The van der Waals surface area contributed by atoms with Crippen molar-refractivity contribution in [2.45, 2.75) is 0 Å². The fourth-order valence-corrected chi connectivity index (χ4v) is 1.93. The molecule has 0 bridgehead atoms. The summed E-state index contributed by atoms with van der Waals surface area (Å²) < 4.78 is 4.98. The summed E-state index contributed by atoms with van der Waals surface area (Å²) >= 11 is 5.77. The number of anilines is 1. The molecule has 0 aliphatic rings. The lowest BCUT2D eigenvalue weighted by Crippen LogP contribution is -2.13. The van der Waals surface area contributed by atoms with E-state index in [-0.39, 0.29) is 11.3 Å². The lowest BCUT2D eigenvalue weighted by Gasteiger charge is -2.06. The molecule has 0 spiro atoms. The number of nitrogens with zero attached hydrogens (tertiary/aromatic N) is 1. The molecule has 2 N–H and O–H groups in total. The first kappa shape index (κ1) is 16.4. The van der Waals surface area contributed by atoms with Crippen LogP contribution < -0.4 is 10.1 Å². The van der Waals surface area contributed by atoms with Crippen LogP contribution in [0.1, 0.15) is 5.56 Å². The number of methoxy groups -OCH3 is 1. The van der Waals surface area contributed by atoms with Gasteiger partial charge in [-0.25, -0.2) is 0 Å². The Kier molecular flexibility index (Phi) is 5.23. The Hall–Kier alpha value is -2.97. The Labute approximate surface area is 138 Å². The van der Waals surface area contributed by atoms with Gasteiger partial charge in [0, 0.05) is 22.3 Å². The standard InChI is InChI=1S/C17H13ClN2O3/c1-23-15-7-2-11(16(21)9-15)8-12(10-19)17(22)20-14-5-3-13(18)4-6-14/h2-9,21H,1H3,(H,20,22)/b12-8+. The van der Waals surface area contributed by atoms with Crippen molar-refractivity contribution >= 4 is 29.3 Å². The van der Waals surface area contributed by atoms with E-state index in [2.05, 4.69) is 5.32 Å². The number of carbonyl (C=O) groups is 1. The largest absolute Gasteiger partial charge is 0.507 e. The van der Waals surface area contributed by atoms with Crippen LogP contribution in [0.4, 0.5) is 5.69 Å². The molecule has 116 valence electrons. The number of carbonyl (C=O) groups excluding carboxylic acids is 1. The summed E-state index contributed by atoms with van der Waals surface area (Å²) in [7, 11) is 1.48. The zero-order valence-corrected chi connectivity index (χ0v) is 13.0. The molecule has 0 atom stereocenters. The van der Waals surface area contributed by atoms with Crippen LogP contribution in [-0.2, 0) is 4.79 Å². The minimum atomic E-state index is -0.579. The summed E-state index contributed by atoms with van der Waals surface area (Å²) in [5.74, 6) is -0.190. The highest BCUT2D eigenvalue weighted by atomic mass is 35.5. The van der Waals surface area contributed by atoms with Gasteiger partial charge in [-0.2, -0.15) is 5.26 Å². The molecule has 0 aliphatic heterocycles. The quantitative estimate of drug-likeness (QED) is 0.663. The highest BCUT2D eigenvalue weighted by Crippen LogP contribution is 2.25. The topological polar surface area (TPSA) is 82.3 Å². The van der Waals surface area contributed by atoms with Gasteiger partial charge in [-0.1, -0.05) is 11.6 Å². The van der Waals surface area contributed by atoms with Gasteiger partial charge >= 0.3 is 0 Å². The van der Waals surface area contributed by atoms with Crippen LogP contribution in [0, 0.1) is 11.3 Å². The Morgan fingerprint density at radius 2 is 2.00 bits per heavy atom. The zero-order chi connectivity index (χ0) is 16.8. The first-order valence-electron chi connectivity index (χ1n) is 6.59. The second-order valence-corrected chi connectivity index (χ2v) is 4.99. The van der Waals surface area contributed by atoms with Crippen LogP contribution >= 0.6 is 11.6 Å². The van der Waals surface area contributed by atoms with E-state index in [1.807, 2.05) is 6.07 Å². The van der Waals surface area contributed by atoms with E-state index < -0.39 is 5.91 Å². The van der Waals surface area contributed by atoms with E-state index in [4.69, 9.17) is 21.6 Å². The molecule has 0 saturated carbocycles. The summed E-state index contributed by atoms with van der Waals surface area (Å²) in [4.78, 5) is 12.1. The minimum absolute atomic E-state index is 0.0867. The normalized spacial score (nSPS) is 10.7. The van der Waals surface area contributed by atoms with Crippen molar-refractivity contribution in [1.82, 2.24) is 0 Å². The number of amides is 1. The van der Waals surface area contributed by atoms with E-state index >= 15 is 0 Å². The SMILES string of the molecule is COc1ccc(/C=C(\C#N)C(=O)Nc2ccc(Cl)cc2)c(O)c1. The molecule has 0 radical (unpaired) electrons. The van der Waals surface area contributed by atoms with Gasteiger partial charge in [-0.15, -0.1) is 0 Å². The highest BCUT2D eigenvalue weighted by molar-refractivity contribution is 6.30. The summed E-state index contributed by atoms with van der Waals surface area (Å²) in [5, 5.41) is 22.2. The third-order valence-electron chi connectivity index (χ3n) is 3.00. The summed E-state index contributed by atoms with van der Waals surface area (Å²) in [5.41, 5.74) is 0.716. The van der Waals surface area contributed by atoms with Crippen molar-refractivity contribution < 1.29 is 14.6 Å². The maximum absolute atomic E-state index is 12.1. The number of hydrogen-bond acceptors (Lipinski definition) is 4. The smallest absolute Gasteiger partial charge is 0.266 e. The lowest BCUT2D eigenvalue weighted by molar-refractivity contribution is -0.112. The van der Waals surface area contributed by atoms with Crippen LogP contribution in [0.2, 0.25) is 5.02 Å². The van der Waals surface area contributed by atoms with Gasteiger partial charge in [0.25, 0.3) is 5.91 Å². The first-order chi connectivity index (χ1) is 11.0. The molecule has 5 nitrogen and oxygen atoms in total. The second-order valence-electron chi connectivity index (χ2n) is 4.56. The molecule has 23 heavy (non-hydrogen) atoms. The number of nitrogens with one attached hydrogen (secondary N) is 1. The number of hydrogen-bond donors (Lipinski definition) is 2. The average molecular weight is 329 g/mol. The van der Waals surface area contributed by atoms with Crippen molar-refractivity contribution in [3.8, 4) is 17.6 Å². The molecule has 0 saturated heterocycles. The fourth-order valence-electron chi connectivity index (χ4n) is 1.81. The van der Waals surface area contributed by atoms with Gasteiger partial charge in [-0.05, 0) is 42.5 Å². The van der Waals surface area contributed by atoms with Gasteiger partial charge in [0.2, 0.25) is 0 Å². The van der Waals surface area contributed by atoms with Crippen molar-refractivity contribution in [2.75, 3.05) is 12.4 Å². The molecule has 0 aliphatic carbocycles. The van der Waals surface area contributed by atoms with Gasteiger partial charge in [0.05, 0.1) is 7.11 Å². The number of aromatic hydroxyl groups is 1. The van der Waals surface area contributed by atoms with Crippen molar-refractivity contribution in [3.63, 3.8) is 0 Å². The zero-order valence-electron chi connectivity index (χ0n) is 12.2. The van der Waals surface area contributed by atoms with Gasteiger partial charge in [0.15, 0.2) is 0 Å². The van der Waals surface area contributed by atoms with Crippen molar-refractivity contribution in [3.05, 3.63) is 58.6 Å². The molecular weight excluding hydrogens is 316 g/mol. The van der Waals surface area contributed by atoms with Gasteiger partial charge in [0.1, 0.15) is 23.1 Å². The third kappa shape index (κ3) is 4.25. The average Bonchev–Trinajstić information content (AvgIpc) is 2.55. The van der Waals surface area contributed by atoms with Gasteiger partial charge in [-0.3, -0.25) is 4.79 Å². The number of phenols is 1. The molecule has 0 unspecified atom stereocenters. The third-order valence-corrected chi connectivity index (χ3v) is 3.26. The Morgan fingerprint density at radius 3 is 2.57 bits per heavy atom. The molecule has 0 aromatic heterocycles. The number of ether oxygens (including phenoxy) is 1. The number of phenolic OH excluding ortho intramolecular Hbond substituents is 1. The van der Waals surface area contributed by atoms with Crippen LogP contribution in [0.15, 0.2) is 48.0 Å². The van der Waals surface area contributed by atoms with Gasteiger partial charge < -0.3 is 15.2 Å². The molecule has 2 aromatic carbocycles. The van der Waals surface area contributed by atoms with Crippen LogP contribution in [-0.4, -0.2) is 18.1 Å². The number of rotatable bonds is 4. The van der Waals surface area contributed by atoms with E-state index in [0.717, 1.165) is 0 Å². The first-order valence-corrected chi connectivity index (χ1v) is 6.97. The highest BCUT2D eigenvalue weighted by Gasteiger charge is 2.11. The summed E-state index contributed by atoms with van der Waals surface area (Å²) in [6, 6.07) is 12.9. The molecule has 6 heteroatoms. The minimum Gasteiger partial charge on any atom is -0.507 e. The predicted molar refractivity (Wildman–Crippen MR) is 88.3 cm³/mol. The van der Waals surface area contributed by atoms with E-state index in [0.29, 0.717) is 22.0 Å².